The summed E-state index contributed by atoms with van der Waals surface area (Å²) >= 11 is 8.73. The van der Waals surface area contributed by atoms with E-state index < -0.39 is 0 Å². The maximum atomic E-state index is 12.4. The zero-order chi connectivity index (χ0) is 22.5. The Morgan fingerprint density at radius 3 is 2.75 bits per heavy atom. The summed E-state index contributed by atoms with van der Waals surface area (Å²) in [6.45, 7) is 0. The van der Waals surface area contributed by atoms with Gasteiger partial charge in [-0.2, -0.15) is 5.26 Å². The zero-order valence-electron chi connectivity index (χ0n) is 17.0. The van der Waals surface area contributed by atoms with E-state index in [-0.39, 0.29) is 12.3 Å². The zero-order valence-corrected chi connectivity index (χ0v) is 19.4. The van der Waals surface area contributed by atoms with Crippen LogP contribution in [0.25, 0.3) is 21.5 Å². The van der Waals surface area contributed by atoms with Gasteiger partial charge in [0.15, 0.2) is 5.13 Å². The predicted octanol–water partition coefficient (Wildman–Crippen LogP) is 6.01. The van der Waals surface area contributed by atoms with Gasteiger partial charge in [-0.25, -0.2) is 9.97 Å². The summed E-state index contributed by atoms with van der Waals surface area (Å²) in [4.78, 5) is 21.4. The number of amides is 1. The first-order valence-electron chi connectivity index (χ1n) is 9.60. The van der Waals surface area contributed by atoms with Crippen LogP contribution >= 0.6 is 34.7 Å². The van der Waals surface area contributed by atoms with Crippen molar-refractivity contribution in [2.24, 2.45) is 0 Å². The normalized spacial score (nSPS) is 10.7. The third-order valence-electron chi connectivity index (χ3n) is 4.53. The molecule has 0 spiro atoms. The topological polar surface area (TPSA) is 87.9 Å². The van der Waals surface area contributed by atoms with Crippen molar-refractivity contribution in [2.75, 3.05) is 18.2 Å². The predicted molar refractivity (Wildman–Crippen MR) is 130 cm³/mol. The SMILES string of the molecule is COc1ccc2nc(NC(=O)CCSc3nc(-c4ccc(Cl)cc4)ccc3C#N)sc2c1. The van der Waals surface area contributed by atoms with Crippen molar-refractivity contribution in [1.29, 1.82) is 5.26 Å². The highest BCUT2D eigenvalue weighted by Gasteiger charge is 2.12. The lowest BCUT2D eigenvalue weighted by atomic mass is 10.1. The van der Waals surface area contributed by atoms with Crippen molar-refractivity contribution in [2.45, 2.75) is 11.4 Å². The second kappa shape index (κ2) is 10.0. The summed E-state index contributed by atoms with van der Waals surface area (Å²) in [6, 6.07) is 18.7. The number of pyridine rings is 1. The van der Waals surface area contributed by atoms with Crippen molar-refractivity contribution in [3.63, 3.8) is 0 Å². The minimum absolute atomic E-state index is 0.143. The monoisotopic (exact) mass is 480 g/mol. The number of aromatic nitrogens is 2. The van der Waals surface area contributed by atoms with E-state index in [9.17, 15) is 10.1 Å². The minimum Gasteiger partial charge on any atom is -0.497 e. The molecule has 0 bridgehead atoms. The number of carbonyl (C=O) groups excluding carboxylic acids is 1. The largest absolute Gasteiger partial charge is 0.497 e. The molecule has 0 atom stereocenters. The van der Waals surface area contributed by atoms with E-state index in [2.05, 4.69) is 21.4 Å². The summed E-state index contributed by atoms with van der Waals surface area (Å²) in [5.41, 5.74) is 2.94. The molecule has 1 N–H and O–H groups in total. The molecule has 4 rings (SSSR count). The van der Waals surface area contributed by atoms with Gasteiger partial charge in [-0.1, -0.05) is 35.1 Å². The summed E-state index contributed by atoms with van der Waals surface area (Å²) in [5.74, 6) is 1.09. The minimum atomic E-state index is -0.143. The van der Waals surface area contributed by atoms with Gasteiger partial charge in [-0.15, -0.1) is 11.8 Å². The fourth-order valence-corrected chi connectivity index (χ4v) is 4.87. The van der Waals surface area contributed by atoms with Crippen molar-refractivity contribution in [3.8, 4) is 23.1 Å². The lowest BCUT2D eigenvalue weighted by Crippen LogP contribution is -2.12. The molecule has 6 nitrogen and oxygen atoms in total. The van der Waals surface area contributed by atoms with Crippen molar-refractivity contribution >= 4 is 56.0 Å². The average molecular weight is 481 g/mol. The highest BCUT2D eigenvalue weighted by atomic mass is 35.5. The van der Waals surface area contributed by atoms with Crippen molar-refractivity contribution in [3.05, 3.63) is 65.2 Å². The van der Waals surface area contributed by atoms with Crippen LogP contribution in [-0.2, 0) is 4.79 Å². The van der Waals surface area contributed by atoms with Crippen LogP contribution in [0.2, 0.25) is 5.02 Å². The van der Waals surface area contributed by atoms with Gasteiger partial charge in [0.05, 0.1) is 28.6 Å². The van der Waals surface area contributed by atoms with Crippen LogP contribution in [0.5, 0.6) is 5.75 Å². The Morgan fingerprint density at radius 2 is 2.00 bits per heavy atom. The number of ether oxygens (including phenoxy) is 1. The number of nitriles is 1. The van der Waals surface area contributed by atoms with Gasteiger partial charge in [-0.05, 0) is 42.5 Å². The first-order valence-corrected chi connectivity index (χ1v) is 11.8. The number of hydrogen-bond acceptors (Lipinski definition) is 7. The molecule has 0 aliphatic carbocycles. The quantitative estimate of drug-likeness (QED) is 0.326. The molecule has 0 fully saturated rings. The number of fused-ring (bicyclic) bond motifs is 1. The second-order valence-electron chi connectivity index (χ2n) is 6.67. The van der Waals surface area contributed by atoms with E-state index in [1.807, 2.05) is 30.3 Å². The Bertz CT molecular complexity index is 1320. The van der Waals surface area contributed by atoms with Crippen LogP contribution in [0.15, 0.2) is 59.6 Å². The molecule has 0 saturated heterocycles. The fraction of sp³-hybridized carbons (Fsp3) is 0.130. The summed E-state index contributed by atoms with van der Waals surface area (Å²) in [5, 5.41) is 14.0. The number of thioether (sulfide) groups is 1. The van der Waals surface area contributed by atoms with Gasteiger partial charge in [0.2, 0.25) is 5.91 Å². The Kier molecular flexibility index (Phi) is 6.90. The van der Waals surface area contributed by atoms with E-state index in [0.717, 1.165) is 27.2 Å². The van der Waals surface area contributed by atoms with E-state index in [4.69, 9.17) is 16.3 Å². The number of benzene rings is 2. The number of nitrogens with zero attached hydrogens (tertiary/aromatic N) is 3. The van der Waals surface area contributed by atoms with Crippen LogP contribution in [0.3, 0.4) is 0 Å². The molecule has 2 heterocycles. The summed E-state index contributed by atoms with van der Waals surface area (Å²) in [6.07, 6.45) is 0.266. The van der Waals surface area contributed by atoms with Crippen LogP contribution in [0, 0.1) is 11.3 Å². The molecule has 32 heavy (non-hydrogen) atoms. The van der Waals surface area contributed by atoms with Crippen molar-refractivity contribution in [1.82, 2.24) is 9.97 Å². The number of methoxy groups -OCH3 is 1. The van der Waals surface area contributed by atoms with Crippen LogP contribution in [0.1, 0.15) is 12.0 Å². The van der Waals surface area contributed by atoms with E-state index >= 15 is 0 Å². The standard InChI is InChI=1S/C23H17ClN4O2S2/c1-30-17-7-9-19-20(12-17)32-23(27-19)28-21(29)10-11-31-22-15(13-25)4-8-18(26-22)14-2-5-16(24)6-3-14/h2-9,12H,10-11H2,1H3,(H,27,28,29). The fourth-order valence-electron chi connectivity index (χ4n) is 2.92. The molecule has 2 aromatic heterocycles. The Labute approximate surface area is 198 Å². The molecule has 9 heteroatoms. The van der Waals surface area contributed by atoms with E-state index in [0.29, 0.717) is 26.5 Å². The first-order chi connectivity index (χ1) is 15.6. The van der Waals surface area contributed by atoms with Crippen LogP contribution in [-0.4, -0.2) is 28.7 Å². The number of anilines is 1. The number of rotatable bonds is 7. The lowest BCUT2D eigenvalue weighted by molar-refractivity contribution is -0.115. The van der Waals surface area contributed by atoms with Crippen molar-refractivity contribution < 1.29 is 9.53 Å². The van der Waals surface area contributed by atoms with Crippen LogP contribution < -0.4 is 10.1 Å². The van der Waals surface area contributed by atoms with Gasteiger partial charge >= 0.3 is 0 Å². The maximum absolute atomic E-state index is 12.4. The Hall–Kier alpha value is -3.12. The van der Waals surface area contributed by atoms with E-state index in [1.54, 1.807) is 31.4 Å². The number of halogens is 1. The molecule has 0 unspecified atom stereocenters. The number of nitrogens with one attached hydrogen (secondary N) is 1. The van der Waals surface area contributed by atoms with Gasteiger partial charge < -0.3 is 10.1 Å². The van der Waals surface area contributed by atoms with Crippen LogP contribution in [0.4, 0.5) is 5.13 Å². The average Bonchev–Trinajstić information content (AvgIpc) is 3.20. The Balaban J connectivity index is 1.39. The molecular formula is C23H17ClN4O2S2. The molecule has 0 aliphatic rings. The van der Waals surface area contributed by atoms with Gasteiger partial charge in [-0.3, -0.25) is 4.79 Å². The molecule has 4 aromatic rings. The van der Waals surface area contributed by atoms with E-state index in [1.165, 1.54) is 23.1 Å². The molecular weight excluding hydrogens is 464 g/mol. The molecule has 0 saturated carbocycles. The molecule has 2 aromatic carbocycles. The van der Waals surface area contributed by atoms with Gasteiger partial charge in [0, 0.05) is 22.8 Å². The molecule has 0 radical (unpaired) electrons. The summed E-state index contributed by atoms with van der Waals surface area (Å²) in [7, 11) is 1.61. The molecule has 0 aliphatic heterocycles. The molecule has 1 amide bonds. The molecule has 160 valence electrons. The summed E-state index contributed by atoms with van der Waals surface area (Å²) < 4.78 is 6.16. The first kappa shape index (κ1) is 22.1. The number of hydrogen-bond donors (Lipinski definition) is 1. The number of carbonyl (C=O) groups is 1. The third-order valence-corrected chi connectivity index (χ3v) is 6.71. The van der Waals surface area contributed by atoms with Gasteiger partial charge in [0.25, 0.3) is 0 Å². The number of thiazole rings is 1. The Morgan fingerprint density at radius 1 is 1.19 bits per heavy atom. The third kappa shape index (κ3) is 5.19. The smallest absolute Gasteiger partial charge is 0.226 e. The maximum Gasteiger partial charge on any atom is 0.226 e. The van der Waals surface area contributed by atoms with Gasteiger partial charge in [0.1, 0.15) is 16.8 Å². The lowest BCUT2D eigenvalue weighted by Gasteiger charge is -2.07. The second-order valence-corrected chi connectivity index (χ2v) is 9.22. The highest BCUT2D eigenvalue weighted by Crippen LogP contribution is 2.30. The highest BCUT2D eigenvalue weighted by molar-refractivity contribution is 7.99.